The van der Waals surface area contributed by atoms with Crippen molar-refractivity contribution in [2.24, 2.45) is 10.9 Å². The van der Waals surface area contributed by atoms with Crippen molar-refractivity contribution < 1.29 is 19.1 Å². The lowest BCUT2D eigenvalue weighted by Crippen LogP contribution is -2.46. The smallest absolute Gasteiger partial charge is 0.309 e. The minimum absolute atomic E-state index is 0.253. The number of ether oxygens (including phenoxy) is 1. The predicted molar refractivity (Wildman–Crippen MR) is 138 cm³/mol. The monoisotopic (exact) mass is 507 g/mol. The van der Waals surface area contributed by atoms with Crippen LogP contribution in [0.1, 0.15) is 55.7 Å². The number of H-pyrrole nitrogens is 1. The zero-order chi connectivity index (χ0) is 25.4. The molecule has 1 aliphatic heterocycles. The SMILES string of the molecule is COC(=O)[C@@H]1CC[C@H](NC(=O)c2cc3cc(C)ccc3[nH]2)C(=NC(=O)c2nc3c(s2)CN(C)CC3)C1. The summed E-state index contributed by atoms with van der Waals surface area (Å²) in [6, 6.07) is 7.30. The van der Waals surface area contributed by atoms with Gasteiger partial charge in [-0.2, -0.15) is 0 Å². The molecule has 0 saturated heterocycles. The first-order chi connectivity index (χ1) is 17.3. The molecule has 2 amide bonds. The van der Waals surface area contributed by atoms with E-state index in [1.807, 2.05) is 38.2 Å². The van der Waals surface area contributed by atoms with Crippen LogP contribution in [0.3, 0.4) is 0 Å². The summed E-state index contributed by atoms with van der Waals surface area (Å²) in [5.41, 5.74) is 3.86. The van der Waals surface area contributed by atoms with E-state index in [4.69, 9.17) is 4.74 Å². The van der Waals surface area contributed by atoms with Gasteiger partial charge in [0.15, 0.2) is 5.01 Å². The summed E-state index contributed by atoms with van der Waals surface area (Å²) in [5.74, 6) is -1.45. The lowest BCUT2D eigenvalue weighted by Gasteiger charge is -2.29. The highest BCUT2D eigenvalue weighted by Gasteiger charge is 2.34. The molecule has 2 N–H and O–H groups in total. The molecule has 0 radical (unpaired) electrons. The lowest BCUT2D eigenvalue weighted by atomic mass is 9.84. The average Bonchev–Trinajstić information content (AvgIpc) is 3.48. The van der Waals surface area contributed by atoms with Crippen molar-refractivity contribution in [3.63, 3.8) is 0 Å². The van der Waals surface area contributed by atoms with Crippen LogP contribution in [0.15, 0.2) is 29.3 Å². The first-order valence-electron chi connectivity index (χ1n) is 12.1. The van der Waals surface area contributed by atoms with E-state index >= 15 is 0 Å². The third-order valence-corrected chi connectivity index (χ3v) is 7.94. The number of nitrogens with one attached hydrogen (secondary N) is 2. The highest BCUT2D eigenvalue weighted by molar-refractivity contribution is 7.13. The Labute approximate surface area is 213 Å². The summed E-state index contributed by atoms with van der Waals surface area (Å²) in [5, 5.41) is 4.32. The fourth-order valence-electron chi connectivity index (χ4n) is 4.88. The maximum atomic E-state index is 13.1. The second-order valence-corrected chi connectivity index (χ2v) is 10.7. The number of hydrogen-bond donors (Lipinski definition) is 2. The van der Waals surface area contributed by atoms with E-state index in [-0.39, 0.29) is 18.3 Å². The molecule has 1 aromatic carbocycles. The third-order valence-electron chi connectivity index (χ3n) is 6.87. The molecule has 0 spiro atoms. The number of nitrogens with zero attached hydrogens (tertiary/aromatic N) is 3. The van der Waals surface area contributed by atoms with Gasteiger partial charge in [0, 0.05) is 47.4 Å². The van der Waals surface area contributed by atoms with Gasteiger partial charge in [-0.15, -0.1) is 11.3 Å². The van der Waals surface area contributed by atoms with Gasteiger partial charge in [0.2, 0.25) is 0 Å². The van der Waals surface area contributed by atoms with Crippen molar-refractivity contribution in [3.05, 3.63) is 51.1 Å². The number of rotatable bonds is 4. The van der Waals surface area contributed by atoms with Crippen LogP contribution in [0.2, 0.25) is 0 Å². The van der Waals surface area contributed by atoms with Gasteiger partial charge in [0.1, 0.15) is 5.69 Å². The Hall–Kier alpha value is -3.37. The van der Waals surface area contributed by atoms with Crippen LogP contribution in [0.25, 0.3) is 10.9 Å². The molecule has 10 heteroatoms. The summed E-state index contributed by atoms with van der Waals surface area (Å²) < 4.78 is 4.94. The van der Waals surface area contributed by atoms with E-state index in [9.17, 15) is 14.4 Å². The largest absolute Gasteiger partial charge is 0.469 e. The van der Waals surface area contributed by atoms with E-state index in [1.165, 1.54) is 18.4 Å². The number of carbonyl (C=O) groups is 3. The summed E-state index contributed by atoms with van der Waals surface area (Å²) in [6.07, 6.45) is 2.08. The standard InChI is InChI=1S/C26H29N5O4S/c1-14-4-6-17-16(10-14)12-21(27-17)23(32)28-18-7-5-15(26(34)35-3)11-20(18)29-24(33)25-30-19-8-9-31(2)13-22(19)36-25/h4,6,10,12,15,18,27H,5,7-9,11,13H2,1-3H3,(H,28,32)/t15-,18+/m1/s1. The fourth-order valence-corrected chi connectivity index (χ4v) is 5.95. The van der Waals surface area contributed by atoms with Gasteiger partial charge >= 0.3 is 11.9 Å². The molecule has 9 nitrogen and oxygen atoms in total. The van der Waals surface area contributed by atoms with Gasteiger partial charge in [-0.05, 0) is 45.0 Å². The first kappa shape index (κ1) is 24.3. The molecule has 0 unspecified atom stereocenters. The normalized spacial score (nSPS) is 21.4. The topological polar surface area (TPSA) is 117 Å². The second-order valence-electron chi connectivity index (χ2n) is 9.59. The van der Waals surface area contributed by atoms with Crippen LogP contribution >= 0.6 is 11.3 Å². The van der Waals surface area contributed by atoms with E-state index < -0.39 is 17.9 Å². The van der Waals surface area contributed by atoms with E-state index in [0.717, 1.165) is 46.5 Å². The summed E-state index contributed by atoms with van der Waals surface area (Å²) in [7, 11) is 3.40. The maximum absolute atomic E-state index is 13.1. The number of hydrogen-bond acceptors (Lipinski definition) is 7. The third kappa shape index (κ3) is 4.96. The highest BCUT2D eigenvalue weighted by Crippen LogP contribution is 2.28. The second kappa shape index (κ2) is 9.94. The van der Waals surface area contributed by atoms with Crippen LogP contribution in [0, 0.1) is 12.8 Å². The number of benzene rings is 1. The molecule has 2 aliphatic rings. The van der Waals surface area contributed by atoms with Crippen LogP contribution < -0.4 is 5.32 Å². The Balaban J connectivity index is 1.39. The minimum Gasteiger partial charge on any atom is -0.469 e. The first-order valence-corrected chi connectivity index (χ1v) is 12.9. The number of fused-ring (bicyclic) bond motifs is 2. The molecule has 188 valence electrons. The predicted octanol–water partition coefficient (Wildman–Crippen LogP) is 3.27. The number of amides is 2. The van der Waals surface area contributed by atoms with Crippen LogP contribution in [-0.2, 0) is 22.5 Å². The van der Waals surface area contributed by atoms with E-state index in [2.05, 4.69) is 25.2 Å². The minimum atomic E-state index is -0.462. The number of esters is 1. The molecule has 36 heavy (non-hydrogen) atoms. The molecular weight excluding hydrogens is 478 g/mol. The van der Waals surface area contributed by atoms with Gasteiger partial charge in [0.25, 0.3) is 5.91 Å². The molecular formula is C26H29N5O4S. The van der Waals surface area contributed by atoms with Gasteiger partial charge in [-0.25, -0.2) is 9.98 Å². The van der Waals surface area contributed by atoms with Crippen molar-refractivity contribution >= 4 is 45.7 Å². The van der Waals surface area contributed by atoms with Crippen LogP contribution in [0.4, 0.5) is 0 Å². The number of aliphatic imine (C=N–C) groups is 1. The Kier molecular flexibility index (Phi) is 6.72. The number of methoxy groups -OCH3 is 1. The highest BCUT2D eigenvalue weighted by atomic mass is 32.1. The van der Waals surface area contributed by atoms with Crippen molar-refractivity contribution in [2.75, 3.05) is 20.7 Å². The number of aryl methyl sites for hydroxylation is 1. The summed E-state index contributed by atoms with van der Waals surface area (Å²) >= 11 is 1.37. The quantitative estimate of drug-likeness (QED) is 0.524. The number of thiazole rings is 1. The Morgan fingerprint density at radius 1 is 1.25 bits per heavy atom. The number of likely N-dealkylation sites (N-methyl/N-ethyl adjacent to an activating group) is 1. The number of aromatic nitrogens is 2. The van der Waals surface area contributed by atoms with Crippen LogP contribution in [0.5, 0.6) is 0 Å². The average molecular weight is 508 g/mol. The molecule has 1 saturated carbocycles. The Morgan fingerprint density at radius 2 is 2.08 bits per heavy atom. The number of aromatic amines is 1. The van der Waals surface area contributed by atoms with Gasteiger partial charge in [-0.1, -0.05) is 11.6 Å². The Bertz CT molecular complexity index is 1370. The summed E-state index contributed by atoms with van der Waals surface area (Å²) in [4.78, 5) is 53.8. The van der Waals surface area contributed by atoms with Gasteiger partial charge in [-0.3, -0.25) is 14.4 Å². The van der Waals surface area contributed by atoms with Crippen molar-refractivity contribution in [1.82, 2.24) is 20.2 Å². The van der Waals surface area contributed by atoms with Gasteiger partial charge in [0.05, 0.1) is 24.8 Å². The molecule has 3 aromatic rings. The zero-order valence-corrected chi connectivity index (χ0v) is 21.4. The molecule has 2 atom stereocenters. The van der Waals surface area contributed by atoms with E-state index in [0.29, 0.717) is 29.3 Å². The summed E-state index contributed by atoms with van der Waals surface area (Å²) in [6.45, 7) is 3.67. The zero-order valence-electron chi connectivity index (χ0n) is 20.6. The maximum Gasteiger partial charge on any atom is 0.309 e. The van der Waals surface area contributed by atoms with Crippen molar-refractivity contribution in [3.8, 4) is 0 Å². The molecule has 1 fully saturated rings. The lowest BCUT2D eigenvalue weighted by molar-refractivity contribution is -0.145. The fraction of sp³-hybridized carbons (Fsp3) is 0.423. The molecule has 0 bridgehead atoms. The van der Waals surface area contributed by atoms with Crippen molar-refractivity contribution in [1.29, 1.82) is 0 Å². The van der Waals surface area contributed by atoms with E-state index in [1.54, 1.807) is 0 Å². The molecule has 3 heterocycles. The van der Waals surface area contributed by atoms with Gasteiger partial charge < -0.3 is 19.9 Å². The molecule has 2 aromatic heterocycles. The Morgan fingerprint density at radius 3 is 2.89 bits per heavy atom. The molecule has 1 aliphatic carbocycles. The van der Waals surface area contributed by atoms with Crippen LogP contribution in [-0.4, -0.2) is 65.1 Å². The number of carbonyl (C=O) groups excluding carboxylic acids is 3. The molecule has 5 rings (SSSR count). The van der Waals surface area contributed by atoms with Crippen molar-refractivity contribution in [2.45, 2.75) is 45.2 Å².